The Labute approximate surface area is 164 Å². The van der Waals surface area contributed by atoms with Crippen LogP contribution >= 0.6 is 15.9 Å². The van der Waals surface area contributed by atoms with Gasteiger partial charge in [0.05, 0.1) is 7.11 Å². The molecule has 1 saturated heterocycles. The lowest BCUT2D eigenvalue weighted by molar-refractivity contribution is -0.173. The first-order chi connectivity index (χ1) is 13.0. The van der Waals surface area contributed by atoms with E-state index in [0.717, 1.165) is 21.2 Å². The van der Waals surface area contributed by atoms with E-state index in [0.29, 0.717) is 11.1 Å². The molecule has 5 rings (SSSR count). The van der Waals surface area contributed by atoms with Crippen LogP contribution < -0.4 is 0 Å². The minimum atomic E-state index is -1.62. The van der Waals surface area contributed by atoms with Gasteiger partial charge in [0.15, 0.2) is 11.5 Å². The molecule has 1 heterocycles. The number of hydrogen-bond acceptors (Lipinski definition) is 5. The van der Waals surface area contributed by atoms with Gasteiger partial charge >= 0.3 is 11.9 Å². The molecule has 2 aromatic carbocycles. The van der Waals surface area contributed by atoms with Crippen LogP contribution in [-0.4, -0.2) is 26.2 Å². The van der Waals surface area contributed by atoms with Crippen LogP contribution in [0.2, 0.25) is 0 Å². The second-order valence-electron chi connectivity index (χ2n) is 6.85. The molecular weight excluding hydrogens is 412 g/mol. The van der Waals surface area contributed by atoms with Crippen molar-refractivity contribution in [2.45, 2.75) is 11.7 Å². The molecule has 27 heavy (non-hydrogen) atoms. The molecule has 0 unspecified atom stereocenters. The van der Waals surface area contributed by atoms with Gasteiger partial charge in [-0.1, -0.05) is 46.3 Å². The first-order valence-electron chi connectivity index (χ1n) is 8.48. The molecule has 0 spiro atoms. The zero-order valence-corrected chi connectivity index (χ0v) is 16.2. The molecular formula is C21H15BrO5. The first-order valence-corrected chi connectivity index (χ1v) is 9.27. The fraction of sp³-hybridized carbons (Fsp3) is 0.238. The van der Waals surface area contributed by atoms with Gasteiger partial charge in [0.25, 0.3) is 0 Å². The number of ether oxygens (including phenoxy) is 3. The summed E-state index contributed by atoms with van der Waals surface area (Å²) in [4.78, 5) is 26.6. The molecule has 0 bridgehead atoms. The molecule has 0 amide bonds. The number of carbonyl (C=O) groups excluding carboxylic acids is 2. The fourth-order valence-corrected chi connectivity index (χ4v) is 5.30. The Morgan fingerprint density at radius 3 is 2.70 bits per heavy atom. The predicted molar refractivity (Wildman–Crippen MR) is 100 cm³/mol. The normalized spacial score (nSPS) is 29.4. The zero-order chi connectivity index (χ0) is 19.0. The zero-order valence-electron chi connectivity index (χ0n) is 14.6. The summed E-state index contributed by atoms with van der Waals surface area (Å²) in [5.41, 5.74) is 0.705. The number of esters is 2. The van der Waals surface area contributed by atoms with Gasteiger partial charge in [0.1, 0.15) is 0 Å². The van der Waals surface area contributed by atoms with Crippen LogP contribution in [0.3, 0.4) is 0 Å². The molecule has 3 aliphatic rings. The summed E-state index contributed by atoms with van der Waals surface area (Å²) in [6.07, 6.45) is 1.14. The van der Waals surface area contributed by atoms with Crippen molar-refractivity contribution in [3.05, 3.63) is 69.2 Å². The lowest BCUT2D eigenvalue weighted by Crippen LogP contribution is -2.55. The number of benzene rings is 2. The van der Waals surface area contributed by atoms with Gasteiger partial charge in [-0.15, -0.1) is 0 Å². The molecule has 0 aromatic heterocycles. The van der Waals surface area contributed by atoms with Crippen molar-refractivity contribution < 1.29 is 23.8 Å². The third kappa shape index (κ3) is 1.65. The molecule has 0 N–H and O–H groups in total. The summed E-state index contributed by atoms with van der Waals surface area (Å²) in [5, 5.41) is 0. The highest BCUT2D eigenvalue weighted by Crippen LogP contribution is 2.71. The smallest absolute Gasteiger partial charge is 0.345 e. The van der Waals surface area contributed by atoms with Crippen LogP contribution in [0, 0.1) is 5.41 Å². The molecule has 1 aliphatic heterocycles. The van der Waals surface area contributed by atoms with Crippen molar-refractivity contribution in [3.63, 3.8) is 0 Å². The largest absolute Gasteiger partial charge is 0.468 e. The van der Waals surface area contributed by atoms with Crippen LogP contribution in [-0.2, 0) is 29.4 Å². The number of fused-ring (bicyclic) bond motifs is 5. The number of carbonyl (C=O) groups is 2. The van der Waals surface area contributed by atoms with E-state index in [2.05, 4.69) is 15.9 Å². The maximum atomic E-state index is 13.3. The van der Waals surface area contributed by atoms with Gasteiger partial charge in [0.2, 0.25) is 5.60 Å². The Morgan fingerprint density at radius 2 is 1.96 bits per heavy atom. The third-order valence-electron chi connectivity index (χ3n) is 5.93. The highest BCUT2D eigenvalue weighted by atomic mass is 79.9. The van der Waals surface area contributed by atoms with E-state index < -0.39 is 29.1 Å². The Bertz CT molecular complexity index is 1060. The first kappa shape index (κ1) is 16.7. The molecule has 136 valence electrons. The van der Waals surface area contributed by atoms with Crippen molar-refractivity contribution in [1.29, 1.82) is 0 Å². The van der Waals surface area contributed by atoms with Crippen LogP contribution in [0.4, 0.5) is 0 Å². The molecule has 0 saturated carbocycles. The summed E-state index contributed by atoms with van der Waals surface area (Å²) in [6, 6.07) is 13.2. The summed E-state index contributed by atoms with van der Waals surface area (Å²) < 4.78 is 17.7. The molecule has 2 aromatic rings. The Kier molecular flexibility index (Phi) is 3.28. The van der Waals surface area contributed by atoms with E-state index in [-0.39, 0.29) is 0 Å². The average molecular weight is 427 g/mol. The number of methoxy groups -OCH3 is 2. The Morgan fingerprint density at radius 1 is 1.19 bits per heavy atom. The van der Waals surface area contributed by atoms with Crippen molar-refractivity contribution in [3.8, 4) is 0 Å². The van der Waals surface area contributed by atoms with E-state index in [1.54, 1.807) is 0 Å². The standard InChI is InChI=1S/C21H15BrO5/c1-25-18(23)20-16-9-11-7-8-12(22)10-15(11)21(20,26-2)19(24)27-17(20)14-6-4-3-5-13(14)16/h3-10,17H,1-2H3/t17-,20+,21+/m0/s1. The predicted octanol–water partition coefficient (Wildman–Crippen LogP) is 3.62. The molecule has 6 heteroatoms. The van der Waals surface area contributed by atoms with Crippen molar-refractivity contribution in [1.82, 2.24) is 0 Å². The van der Waals surface area contributed by atoms with Crippen molar-refractivity contribution >= 4 is 39.5 Å². The van der Waals surface area contributed by atoms with E-state index in [1.807, 2.05) is 48.5 Å². The topological polar surface area (TPSA) is 61.8 Å². The molecule has 3 atom stereocenters. The van der Waals surface area contributed by atoms with Crippen LogP contribution in [0.25, 0.3) is 11.6 Å². The lowest BCUT2D eigenvalue weighted by atomic mass is 9.60. The number of hydrogen-bond donors (Lipinski definition) is 0. The van der Waals surface area contributed by atoms with Gasteiger partial charge in [0, 0.05) is 22.7 Å². The monoisotopic (exact) mass is 426 g/mol. The maximum Gasteiger partial charge on any atom is 0.345 e. The summed E-state index contributed by atoms with van der Waals surface area (Å²) >= 11 is 3.46. The number of halogens is 1. The minimum absolute atomic E-state index is 0.548. The number of rotatable bonds is 2. The highest BCUT2D eigenvalue weighted by Gasteiger charge is 2.80. The van der Waals surface area contributed by atoms with Crippen LogP contribution in [0.15, 0.2) is 46.9 Å². The Balaban J connectivity index is 1.98. The van der Waals surface area contributed by atoms with Gasteiger partial charge in [-0.05, 0) is 34.9 Å². The van der Waals surface area contributed by atoms with E-state index in [1.165, 1.54) is 14.2 Å². The maximum absolute atomic E-state index is 13.3. The second kappa shape index (κ2) is 5.30. The molecule has 5 nitrogen and oxygen atoms in total. The van der Waals surface area contributed by atoms with Crippen molar-refractivity contribution in [2.24, 2.45) is 5.41 Å². The van der Waals surface area contributed by atoms with E-state index >= 15 is 0 Å². The quantitative estimate of drug-likeness (QED) is 0.686. The van der Waals surface area contributed by atoms with Gasteiger partial charge in [-0.25, -0.2) is 4.79 Å². The summed E-state index contributed by atoms with van der Waals surface area (Å²) in [5.74, 6) is -1.13. The van der Waals surface area contributed by atoms with E-state index in [4.69, 9.17) is 14.2 Å². The highest BCUT2D eigenvalue weighted by molar-refractivity contribution is 9.10. The van der Waals surface area contributed by atoms with Crippen LogP contribution in [0.5, 0.6) is 0 Å². The SMILES string of the molecule is COC(=O)[C@]12C3=Cc4ccc(Br)cc4[C@@]1(OC)C(=O)O[C@H]2c1ccccc13. The van der Waals surface area contributed by atoms with Gasteiger partial charge in [-0.3, -0.25) is 4.79 Å². The van der Waals surface area contributed by atoms with Gasteiger partial charge in [-0.2, -0.15) is 0 Å². The lowest BCUT2D eigenvalue weighted by Gasteiger charge is -2.42. The minimum Gasteiger partial charge on any atom is -0.468 e. The van der Waals surface area contributed by atoms with Gasteiger partial charge < -0.3 is 14.2 Å². The van der Waals surface area contributed by atoms with Crippen LogP contribution in [0.1, 0.15) is 28.4 Å². The molecule has 0 radical (unpaired) electrons. The average Bonchev–Trinajstić information content (AvgIpc) is 3.12. The molecule has 2 aliphatic carbocycles. The van der Waals surface area contributed by atoms with E-state index in [9.17, 15) is 9.59 Å². The molecule has 1 fully saturated rings. The fourth-order valence-electron chi connectivity index (χ4n) is 4.94. The summed E-state index contributed by atoms with van der Waals surface area (Å²) in [7, 11) is 2.76. The van der Waals surface area contributed by atoms with Crippen molar-refractivity contribution in [2.75, 3.05) is 14.2 Å². The third-order valence-corrected chi connectivity index (χ3v) is 6.42. The second-order valence-corrected chi connectivity index (χ2v) is 7.76. The summed E-state index contributed by atoms with van der Waals surface area (Å²) in [6.45, 7) is 0. The Hall–Kier alpha value is -2.44.